The minimum Gasteiger partial charge on any atom is -0.453 e. The Morgan fingerprint density at radius 3 is 2.53 bits per heavy atom. The molecule has 0 fully saturated rings. The lowest BCUT2D eigenvalue weighted by molar-refractivity contribution is -0.117. The van der Waals surface area contributed by atoms with Gasteiger partial charge in [0.15, 0.2) is 0 Å². The van der Waals surface area contributed by atoms with Gasteiger partial charge < -0.3 is 19.6 Å². The first-order valence-corrected chi connectivity index (χ1v) is 5.02. The van der Waals surface area contributed by atoms with Gasteiger partial charge in [-0.2, -0.15) is 0 Å². The summed E-state index contributed by atoms with van der Waals surface area (Å²) in [6.07, 6.45) is -0.0322. The van der Waals surface area contributed by atoms with E-state index in [0.717, 1.165) is 0 Å². The second-order valence-electron chi connectivity index (χ2n) is 3.39. The third-order valence-electron chi connectivity index (χ3n) is 2.18. The Balaban J connectivity index is 4.64. The topological polar surface area (TPSA) is 64.6 Å². The highest BCUT2D eigenvalue weighted by molar-refractivity contribution is 6.17. The third kappa shape index (κ3) is 4.05. The zero-order valence-corrected chi connectivity index (χ0v) is 9.84. The van der Waals surface area contributed by atoms with Gasteiger partial charge in [0.1, 0.15) is 17.9 Å². The normalized spacial score (nSPS) is 14.5. The predicted octanol–water partition coefficient (Wildman–Crippen LogP) is 1.15. The van der Waals surface area contributed by atoms with Gasteiger partial charge in [0.05, 0.1) is 13.7 Å². The minimum atomic E-state index is -1.10. The summed E-state index contributed by atoms with van der Waals surface area (Å²) in [5.41, 5.74) is -1.10. The van der Waals surface area contributed by atoms with Crippen molar-refractivity contribution in [2.75, 3.05) is 19.8 Å². The van der Waals surface area contributed by atoms with E-state index in [2.05, 4.69) is 10.1 Å². The highest BCUT2D eigenvalue weighted by Crippen LogP contribution is 2.15. The largest absolute Gasteiger partial charge is 0.453 e. The van der Waals surface area contributed by atoms with E-state index in [9.17, 15) is 9.59 Å². The van der Waals surface area contributed by atoms with Crippen LogP contribution in [0.1, 0.15) is 13.8 Å². The molecule has 0 spiro atoms. The molecule has 0 radical (unpaired) electrons. The number of aldehydes is 1. The average Bonchev–Trinajstić information content (AvgIpc) is 2.23. The first kappa shape index (κ1) is 14.2. The molecule has 0 aromatic rings. The van der Waals surface area contributed by atoms with E-state index in [0.29, 0.717) is 6.29 Å². The second kappa shape index (κ2) is 6.63. The van der Waals surface area contributed by atoms with Crippen molar-refractivity contribution in [3.63, 3.8) is 0 Å². The molecule has 6 heteroatoms. The number of ether oxygens (including phenoxy) is 2. The van der Waals surface area contributed by atoms with Crippen molar-refractivity contribution in [3.05, 3.63) is 0 Å². The van der Waals surface area contributed by atoms with Crippen molar-refractivity contribution in [1.29, 1.82) is 0 Å². The Morgan fingerprint density at radius 1 is 1.60 bits per heavy atom. The van der Waals surface area contributed by atoms with E-state index < -0.39 is 11.6 Å². The molecule has 0 saturated heterocycles. The molecule has 0 rings (SSSR count). The molecule has 88 valence electrons. The maximum atomic E-state index is 11.1. The smallest absolute Gasteiger partial charge is 0.407 e. The zero-order chi connectivity index (χ0) is 11.9. The van der Waals surface area contributed by atoms with Crippen LogP contribution in [0.15, 0.2) is 0 Å². The van der Waals surface area contributed by atoms with Crippen molar-refractivity contribution in [2.24, 2.45) is 5.92 Å². The van der Waals surface area contributed by atoms with Crippen LogP contribution < -0.4 is 5.32 Å². The molecule has 15 heavy (non-hydrogen) atoms. The van der Waals surface area contributed by atoms with Gasteiger partial charge in [-0.05, 0) is 5.92 Å². The van der Waals surface area contributed by atoms with Crippen LogP contribution in [-0.2, 0) is 14.3 Å². The standard InChI is InChI=1S/C9H16ClNO4/c1-7(2)9(4-12,5-15-6-10)11-8(13)14-3/h4,7H,5-6H2,1-3H3,(H,11,13)/t9-/m0/s1. The number of hydrogen-bond acceptors (Lipinski definition) is 4. The molecule has 0 saturated carbocycles. The molecule has 0 aromatic heterocycles. The number of rotatable bonds is 6. The lowest BCUT2D eigenvalue weighted by Crippen LogP contribution is -2.57. The average molecular weight is 238 g/mol. The molecule has 1 N–H and O–H groups in total. The van der Waals surface area contributed by atoms with E-state index in [1.165, 1.54) is 7.11 Å². The van der Waals surface area contributed by atoms with Crippen molar-refractivity contribution in [1.82, 2.24) is 5.32 Å². The van der Waals surface area contributed by atoms with Gasteiger partial charge in [0, 0.05) is 0 Å². The summed E-state index contributed by atoms with van der Waals surface area (Å²) in [4.78, 5) is 22.1. The quantitative estimate of drug-likeness (QED) is 0.556. The number of carbonyl (C=O) groups is 2. The van der Waals surface area contributed by atoms with Crippen LogP contribution in [0.3, 0.4) is 0 Å². The number of hydrogen-bond donors (Lipinski definition) is 1. The molecule has 0 unspecified atom stereocenters. The fourth-order valence-corrected chi connectivity index (χ4v) is 1.07. The number of amides is 1. The first-order chi connectivity index (χ1) is 7.02. The fraction of sp³-hybridized carbons (Fsp3) is 0.778. The molecule has 1 amide bonds. The van der Waals surface area contributed by atoms with Crippen LogP contribution in [0.25, 0.3) is 0 Å². The Labute approximate surface area is 94.1 Å². The molecule has 0 bridgehead atoms. The maximum absolute atomic E-state index is 11.1. The minimum absolute atomic E-state index is 0.0206. The number of alkyl halides is 1. The van der Waals surface area contributed by atoms with Crippen molar-refractivity contribution < 1.29 is 19.1 Å². The highest BCUT2D eigenvalue weighted by Gasteiger charge is 2.36. The molecule has 0 aliphatic carbocycles. The second-order valence-corrected chi connectivity index (χ2v) is 3.61. The van der Waals surface area contributed by atoms with Gasteiger partial charge in [-0.3, -0.25) is 0 Å². The number of alkyl carbamates (subject to hydrolysis) is 1. The van der Waals surface area contributed by atoms with Crippen LogP contribution in [0.4, 0.5) is 4.79 Å². The lowest BCUT2D eigenvalue weighted by Gasteiger charge is -2.31. The predicted molar refractivity (Wildman–Crippen MR) is 55.8 cm³/mol. The summed E-state index contributed by atoms with van der Waals surface area (Å²) < 4.78 is 9.40. The van der Waals surface area contributed by atoms with Gasteiger partial charge in [0.2, 0.25) is 0 Å². The summed E-state index contributed by atoms with van der Waals surface area (Å²) in [7, 11) is 1.23. The zero-order valence-electron chi connectivity index (χ0n) is 9.08. The maximum Gasteiger partial charge on any atom is 0.407 e. The van der Waals surface area contributed by atoms with Crippen LogP contribution in [-0.4, -0.2) is 37.7 Å². The molecule has 0 aliphatic heterocycles. The highest BCUT2D eigenvalue weighted by atomic mass is 35.5. The molecule has 0 heterocycles. The number of methoxy groups -OCH3 is 1. The van der Waals surface area contributed by atoms with Gasteiger partial charge in [0.25, 0.3) is 0 Å². The SMILES string of the molecule is COC(=O)N[C@@](C=O)(COCCl)C(C)C. The van der Waals surface area contributed by atoms with Crippen LogP contribution in [0, 0.1) is 5.92 Å². The molecular weight excluding hydrogens is 222 g/mol. The molecule has 1 atom stereocenters. The van der Waals surface area contributed by atoms with Crippen molar-refractivity contribution in [3.8, 4) is 0 Å². The van der Waals surface area contributed by atoms with E-state index in [1.54, 1.807) is 13.8 Å². The van der Waals surface area contributed by atoms with Gasteiger partial charge in [-0.15, -0.1) is 0 Å². The van der Waals surface area contributed by atoms with Gasteiger partial charge in [-0.1, -0.05) is 25.4 Å². The molecule has 5 nitrogen and oxygen atoms in total. The van der Waals surface area contributed by atoms with Crippen molar-refractivity contribution >= 4 is 24.0 Å². The number of halogens is 1. The summed E-state index contributed by atoms with van der Waals surface area (Å²) in [5, 5.41) is 2.45. The molecular formula is C9H16ClNO4. The van der Waals surface area contributed by atoms with Crippen LogP contribution in [0.2, 0.25) is 0 Å². The van der Waals surface area contributed by atoms with Crippen LogP contribution in [0.5, 0.6) is 0 Å². The Bertz CT molecular complexity index is 222. The van der Waals surface area contributed by atoms with E-state index in [4.69, 9.17) is 16.3 Å². The van der Waals surface area contributed by atoms with E-state index in [-0.39, 0.29) is 18.6 Å². The number of carbonyl (C=O) groups excluding carboxylic acids is 2. The monoisotopic (exact) mass is 237 g/mol. The van der Waals surface area contributed by atoms with Crippen LogP contribution >= 0.6 is 11.6 Å². The fourth-order valence-electron chi connectivity index (χ4n) is 0.995. The van der Waals surface area contributed by atoms with Crippen molar-refractivity contribution in [2.45, 2.75) is 19.4 Å². The molecule has 0 aliphatic rings. The molecule has 0 aromatic carbocycles. The summed E-state index contributed by atoms with van der Waals surface area (Å²) in [6.45, 7) is 3.61. The summed E-state index contributed by atoms with van der Waals surface area (Å²) in [6, 6.07) is -0.0365. The lowest BCUT2D eigenvalue weighted by atomic mass is 9.89. The summed E-state index contributed by atoms with van der Waals surface area (Å²) >= 11 is 5.36. The van der Waals surface area contributed by atoms with E-state index in [1.807, 2.05) is 0 Å². The van der Waals surface area contributed by atoms with Gasteiger partial charge >= 0.3 is 6.09 Å². The third-order valence-corrected chi connectivity index (χ3v) is 2.33. The Hall–Kier alpha value is -0.810. The summed E-state index contributed by atoms with van der Waals surface area (Å²) in [5.74, 6) is -0.127. The Kier molecular flexibility index (Phi) is 6.27. The number of nitrogens with one attached hydrogen (secondary N) is 1. The Morgan fingerprint density at radius 2 is 2.20 bits per heavy atom. The van der Waals surface area contributed by atoms with Gasteiger partial charge in [-0.25, -0.2) is 4.79 Å². The first-order valence-electron chi connectivity index (χ1n) is 4.48. The van der Waals surface area contributed by atoms with E-state index >= 15 is 0 Å².